The second-order valence-corrected chi connectivity index (χ2v) is 5.02. The maximum Gasteiger partial charge on any atom is 0.0704 e. The summed E-state index contributed by atoms with van der Waals surface area (Å²) >= 11 is 6.31. The van der Waals surface area contributed by atoms with E-state index in [1.165, 1.54) is 25.7 Å². The van der Waals surface area contributed by atoms with Crippen molar-refractivity contribution in [3.63, 3.8) is 0 Å². The van der Waals surface area contributed by atoms with Gasteiger partial charge in [-0.25, -0.2) is 0 Å². The van der Waals surface area contributed by atoms with Gasteiger partial charge in [0.1, 0.15) is 0 Å². The van der Waals surface area contributed by atoms with Crippen molar-refractivity contribution in [1.29, 1.82) is 0 Å². The van der Waals surface area contributed by atoms with Crippen molar-refractivity contribution >= 4 is 11.6 Å². The zero-order valence-electron chi connectivity index (χ0n) is 8.80. The van der Waals surface area contributed by atoms with Crippen LogP contribution in [-0.2, 0) is 9.47 Å². The van der Waals surface area contributed by atoms with Crippen molar-refractivity contribution in [2.45, 2.75) is 43.6 Å². The minimum atomic E-state index is 0.329. The predicted molar refractivity (Wildman–Crippen MR) is 56.8 cm³/mol. The van der Waals surface area contributed by atoms with E-state index < -0.39 is 0 Å². The van der Waals surface area contributed by atoms with E-state index in [0.29, 0.717) is 30.1 Å². The standard InChI is InChI=1S/C11H19ClO2/c1-13-6-7-14-10-8-9(12)11(10)4-2-3-5-11/h9-10H,2-8H2,1H3. The van der Waals surface area contributed by atoms with Gasteiger partial charge in [-0.2, -0.15) is 0 Å². The van der Waals surface area contributed by atoms with E-state index >= 15 is 0 Å². The average Bonchev–Trinajstić information content (AvgIpc) is 2.68. The third-order valence-electron chi connectivity index (χ3n) is 3.83. The predicted octanol–water partition coefficient (Wildman–Crippen LogP) is 2.59. The van der Waals surface area contributed by atoms with Crippen molar-refractivity contribution in [1.82, 2.24) is 0 Å². The molecule has 82 valence electrons. The van der Waals surface area contributed by atoms with Crippen LogP contribution in [0.2, 0.25) is 0 Å². The molecular weight excluding hydrogens is 200 g/mol. The van der Waals surface area contributed by atoms with Gasteiger partial charge in [-0.1, -0.05) is 12.8 Å². The summed E-state index contributed by atoms with van der Waals surface area (Å²) in [5, 5.41) is 0.359. The molecule has 0 aliphatic heterocycles. The number of ether oxygens (including phenoxy) is 2. The highest BCUT2D eigenvalue weighted by Gasteiger charge is 2.55. The monoisotopic (exact) mass is 218 g/mol. The lowest BCUT2D eigenvalue weighted by molar-refractivity contribution is -0.113. The molecule has 0 amide bonds. The summed E-state index contributed by atoms with van der Waals surface area (Å²) in [5.41, 5.74) is 0.329. The molecule has 0 heterocycles. The van der Waals surface area contributed by atoms with Gasteiger partial charge in [-0.15, -0.1) is 11.6 Å². The van der Waals surface area contributed by atoms with Gasteiger partial charge in [-0.3, -0.25) is 0 Å². The Hall–Kier alpha value is 0.210. The molecule has 1 spiro atoms. The molecule has 0 aromatic rings. The number of rotatable bonds is 4. The Balaban J connectivity index is 1.82. The molecule has 2 aliphatic carbocycles. The van der Waals surface area contributed by atoms with Crippen molar-refractivity contribution in [2.75, 3.05) is 20.3 Å². The highest BCUT2D eigenvalue weighted by Crippen LogP contribution is 2.57. The van der Waals surface area contributed by atoms with Crippen LogP contribution in [0.5, 0.6) is 0 Å². The van der Waals surface area contributed by atoms with Gasteiger partial charge in [0.25, 0.3) is 0 Å². The van der Waals surface area contributed by atoms with Gasteiger partial charge in [-0.05, 0) is 19.3 Å². The topological polar surface area (TPSA) is 18.5 Å². The van der Waals surface area contributed by atoms with E-state index in [4.69, 9.17) is 21.1 Å². The van der Waals surface area contributed by atoms with Crippen molar-refractivity contribution < 1.29 is 9.47 Å². The molecule has 0 saturated heterocycles. The molecule has 0 radical (unpaired) electrons. The minimum absolute atomic E-state index is 0.329. The molecule has 3 heteroatoms. The van der Waals surface area contributed by atoms with Crippen LogP contribution in [0.25, 0.3) is 0 Å². The zero-order chi connectivity index (χ0) is 10.0. The smallest absolute Gasteiger partial charge is 0.0704 e. The van der Waals surface area contributed by atoms with Gasteiger partial charge < -0.3 is 9.47 Å². The van der Waals surface area contributed by atoms with Crippen LogP contribution in [0.1, 0.15) is 32.1 Å². The summed E-state index contributed by atoms with van der Waals surface area (Å²) in [7, 11) is 1.71. The molecule has 0 aromatic heterocycles. The van der Waals surface area contributed by atoms with Crippen LogP contribution in [0, 0.1) is 5.41 Å². The first-order valence-electron chi connectivity index (χ1n) is 5.54. The van der Waals surface area contributed by atoms with Gasteiger partial charge in [0, 0.05) is 17.9 Å². The Labute approximate surface area is 90.9 Å². The number of methoxy groups -OCH3 is 1. The molecular formula is C11H19ClO2. The fraction of sp³-hybridized carbons (Fsp3) is 1.00. The molecule has 2 rings (SSSR count). The van der Waals surface area contributed by atoms with E-state index in [9.17, 15) is 0 Å². The lowest BCUT2D eigenvalue weighted by Crippen LogP contribution is -2.54. The highest BCUT2D eigenvalue weighted by molar-refractivity contribution is 6.21. The first-order valence-corrected chi connectivity index (χ1v) is 5.98. The molecule has 2 aliphatic rings. The van der Waals surface area contributed by atoms with Gasteiger partial charge >= 0.3 is 0 Å². The third-order valence-corrected chi connectivity index (χ3v) is 4.44. The third kappa shape index (κ3) is 1.68. The van der Waals surface area contributed by atoms with Crippen LogP contribution >= 0.6 is 11.6 Å². The Morgan fingerprint density at radius 1 is 1.29 bits per heavy atom. The number of alkyl halides is 1. The molecule has 14 heavy (non-hydrogen) atoms. The van der Waals surface area contributed by atoms with Crippen LogP contribution in [0.3, 0.4) is 0 Å². The normalized spacial score (nSPS) is 34.7. The minimum Gasteiger partial charge on any atom is -0.382 e. The quantitative estimate of drug-likeness (QED) is 0.534. The van der Waals surface area contributed by atoms with E-state index in [1.54, 1.807) is 7.11 Å². The maximum atomic E-state index is 6.31. The van der Waals surface area contributed by atoms with Crippen molar-refractivity contribution in [3.05, 3.63) is 0 Å². The molecule has 2 unspecified atom stereocenters. The average molecular weight is 219 g/mol. The number of halogens is 1. The summed E-state index contributed by atoms with van der Waals surface area (Å²) < 4.78 is 10.8. The van der Waals surface area contributed by atoms with Crippen LogP contribution in [-0.4, -0.2) is 31.8 Å². The van der Waals surface area contributed by atoms with Crippen molar-refractivity contribution in [3.8, 4) is 0 Å². The molecule has 2 saturated carbocycles. The fourth-order valence-electron chi connectivity index (χ4n) is 2.87. The van der Waals surface area contributed by atoms with E-state index in [-0.39, 0.29) is 0 Å². The maximum absolute atomic E-state index is 6.31. The van der Waals surface area contributed by atoms with Gasteiger partial charge in [0.2, 0.25) is 0 Å². The largest absolute Gasteiger partial charge is 0.382 e. The Kier molecular flexibility index (Phi) is 3.35. The first-order chi connectivity index (χ1) is 6.79. The van der Waals surface area contributed by atoms with Gasteiger partial charge in [0.15, 0.2) is 0 Å². The highest BCUT2D eigenvalue weighted by atomic mass is 35.5. The SMILES string of the molecule is COCCOC1CC(Cl)C12CCCC2. The fourth-order valence-corrected chi connectivity index (χ4v) is 3.40. The summed E-state index contributed by atoms with van der Waals surface area (Å²) in [4.78, 5) is 0. The number of hydrogen-bond acceptors (Lipinski definition) is 2. The Morgan fingerprint density at radius 2 is 2.00 bits per heavy atom. The summed E-state index contributed by atoms with van der Waals surface area (Å²) in [6, 6.07) is 0. The first kappa shape index (κ1) is 10.7. The molecule has 0 N–H and O–H groups in total. The van der Waals surface area contributed by atoms with Crippen LogP contribution in [0.15, 0.2) is 0 Å². The van der Waals surface area contributed by atoms with E-state index in [2.05, 4.69) is 0 Å². The lowest BCUT2D eigenvalue weighted by atomic mass is 9.64. The molecule has 2 atom stereocenters. The lowest BCUT2D eigenvalue weighted by Gasteiger charge is -2.51. The van der Waals surface area contributed by atoms with Crippen molar-refractivity contribution in [2.24, 2.45) is 5.41 Å². The summed E-state index contributed by atoms with van der Waals surface area (Å²) in [6.07, 6.45) is 6.62. The second-order valence-electron chi connectivity index (χ2n) is 4.50. The molecule has 2 fully saturated rings. The summed E-state index contributed by atoms with van der Waals surface area (Å²) in [6.45, 7) is 1.41. The van der Waals surface area contributed by atoms with Crippen LogP contribution < -0.4 is 0 Å². The Bertz CT molecular complexity index is 190. The van der Waals surface area contributed by atoms with Crippen LogP contribution in [0.4, 0.5) is 0 Å². The Morgan fingerprint density at radius 3 is 2.57 bits per heavy atom. The number of hydrogen-bond donors (Lipinski definition) is 0. The molecule has 2 nitrogen and oxygen atoms in total. The second kappa shape index (κ2) is 4.38. The van der Waals surface area contributed by atoms with E-state index in [1.807, 2.05) is 0 Å². The van der Waals surface area contributed by atoms with E-state index in [0.717, 1.165) is 6.42 Å². The molecule has 0 bridgehead atoms. The van der Waals surface area contributed by atoms with Gasteiger partial charge in [0.05, 0.1) is 19.3 Å². The molecule has 0 aromatic carbocycles. The summed E-state index contributed by atoms with van der Waals surface area (Å²) in [5.74, 6) is 0. The zero-order valence-corrected chi connectivity index (χ0v) is 9.55.